The van der Waals surface area contributed by atoms with Crippen LogP contribution in [0.5, 0.6) is 0 Å². The smallest absolute Gasteiger partial charge is 0.262 e. The molecule has 0 amide bonds. The first-order chi connectivity index (χ1) is 10.0. The third-order valence-corrected chi connectivity index (χ3v) is 3.06. The molecule has 0 radical (unpaired) electrons. The molecule has 0 unspecified atom stereocenters. The second-order valence-corrected chi connectivity index (χ2v) is 4.71. The van der Waals surface area contributed by atoms with E-state index in [1.54, 1.807) is 35.5 Å². The molecular weight excluding hydrogens is 274 g/mol. The normalized spacial score (nSPS) is 11.6. The van der Waals surface area contributed by atoms with Crippen LogP contribution in [0.1, 0.15) is 12.5 Å². The first-order valence-corrected chi connectivity index (χ1v) is 6.34. The molecule has 3 rings (SSSR count). The Morgan fingerprint density at radius 1 is 1.10 bits per heavy atom. The zero-order chi connectivity index (χ0) is 14.9. The van der Waals surface area contributed by atoms with Gasteiger partial charge in [-0.1, -0.05) is 0 Å². The Labute approximate surface area is 120 Å². The van der Waals surface area contributed by atoms with Crippen molar-refractivity contribution in [3.8, 4) is 16.9 Å². The monoisotopic (exact) mass is 286 g/mol. The standard InChI is InChI=1S/C15H12F2N4/c1-15(16,17)12-4-5-14(19-8-12)11-7-20-21(10-11)13-3-2-6-18-9-13/h2-10H,1H3. The molecule has 0 saturated heterocycles. The van der Waals surface area contributed by atoms with Crippen LogP contribution in [-0.4, -0.2) is 19.7 Å². The van der Waals surface area contributed by atoms with Gasteiger partial charge in [0, 0.05) is 36.6 Å². The molecule has 3 aromatic rings. The average molecular weight is 286 g/mol. The lowest BCUT2D eigenvalue weighted by molar-refractivity contribution is 0.0171. The van der Waals surface area contributed by atoms with E-state index in [-0.39, 0.29) is 5.56 Å². The van der Waals surface area contributed by atoms with E-state index in [1.165, 1.54) is 12.3 Å². The SMILES string of the molecule is CC(F)(F)c1ccc(-c2cnn(-c3cccnc3)c2)nc1. The summed E-state index contributed by atoms with van der Waals surface area (Å²) >= 11 is 0. The van der Waals surface area contributed by atoms with Crippen LogP contribution in [0.25, 0.3) is 16.9 Å². The Hall–Kier alpha value is -2.63. The Kier molecular flexibility index (Phi) is 3.21. The highest BCUT2D eigenvalue weighted by molar-refractivity contribution is 5.57. The van der Waals surface area contributed by atoms with Gasteiger partial charge in [0.25, 0.3) is 5.92 Å². The van der Waals surface area contributed by atoms with Gasteiger partial charge in [-0.2, -0.15) is 5.10 Å². The molecule has 3 aromatic heterocycles. The van der Waals surface area contributed by atoms with Gasteiger partial charge in [-0.15, -0.1) is 0 Å². The van der Waals surface area contributed by atoms with Crippen molar-refractivity contribution < 1.29 is 8.78 Å². The minimum atomic E-state index is -2.88. The molecule has 0 atom stereocenters. The molecule has 0 fully saturated rings. The van der Waals surface area contributed by atoms with E-state index in [1.807, 2.05) is 12.1 Å². The molecule has 0 aliphatic carbocycles. The molecule has 0 aromatic carbocycles. The molecule has 0 spiro atoms. The van der Waals surface area contributed by atoms with Crippen LogP contribution in [-0.2, 0) is 5.92 Å². The largest absolute Gasteiger partial charge is 0.272 e. The van der Waals surface area contributed by atoms with Crippen LogP contribution in [0.15, 0.2) is 55.2 Å². The van der Waals surface area contributed by atoms with E-state index < -0.39 is 5.92 Å². The number of hydrogen-bond acceptors (Lipinski definition) is 3. The predicted molar refractivity (Wildman–Crippen MR) is 74.2 cm³/mol. The number of aromatic nitrogens is 4. The number of halogens is 2. The summed E-state index contributed by atoms with van der Waals surface area (Å²) in [6.45, 7) is 0.851. The van der Waals surface area contributed by atoms with Gasteiger partial charge in [-0.05, 0) is 24.3 Å². The molecule has 6 heteroatoms. The summed E-state index contributed by atoms with van der Waals surface area (Å²) in [6.07, 6.45) is 7.98. The first-order valence-electron chi connectivity index (χ1n) is 6.34. The third-order valence-electron chi connectivity index (χ3n) is 3.06. The topological polar surface area (TPSA) is 43.6 Å². The maximum Gasteiger partial charge on any atom is 0.272 e. The molecule has 106 valence electrons. The molecule has 0 bridgehead atoms. The van der Waals surface area contributed by atoms with E-state index in [0.29, 0.717) is 5.69 Å². The van der Waals surface area contributed by atoms with Crippen molar-refractivity contribution in [1.82, 2.24) is 19.7 Å². The Balaban J connectivity index is 1.90. The summed E-state index contributed by atoms with van der Waals surface area (Å²) in [7, 11) is 0. The van der Waals surface area contributed by atoms with Crippen molar-refractivity contribution in [3.05, 3.63) is 60.8 Å². The number of alkyl halides is 2. The molecular formula is C15H12F2N4. The summed E-state index contributed by atoms with van der Waals surface area (Å²) in [4.78, 5) is 8.10. The minimum absolute atomic E-state index is 0.106. The lowest BCUT2D eigenvalue weighted by Gasteiger charge is -2.09. The van der Waals surface area contributed by atoms with Crippen LogP contribution >= 0.6 is 0 Å². The van der Waals surface area contributed by atoms with E-state index in [0.717, 1.165) is 18.2 Å². The van der Waals surface area contributed by atoms with Crippen molar-refractivity contribution >= 4 is 0 Å². The average Bonchev–Trinajstić information content (AvgIpc) is 2.97. The molecule has 0 aliphatic rings. The van der Waals surface area contributed by atoms with Gasteiger partial charge in [0.15, 0.2) is 0 Å². The molecule has 21 heavy (non-hydrogen) atoms. The zero-order valence-corrected chi connectivity index (χ0v) is 11.2. The second kappa shape index (κ2) is 5.05. The number of pyridine rings is 2. The summed E-state index contributed by atoms with van der Waals surface area (Å²) in [5.74, 6) is -2.88. The quantitative estimate of drug-likeness (QED) is 0.740. The summed E-state index contributed by atoms with van der Waals surface area (Å²) < 4.78 is 28.0. The lowest BCUT2D eigenvalue weighted by atomic mass is 10.1. The van der Waals surface area contributed by atoms with Crippen molar-refractivity contribution in [1.29, 1.82) is 0 Å². The molecule has 3 heterocycles. The molecule has 4 nitrogen and oxygen atoms in total. The Morgan fingerprint density at radius 2 is 1.95 bits per heavy atom. The summed E-state index contributed by atoms with van der Waals surface area (Å²) in [6, 6.07) is 6.63. The van der Waals surface area contributed by atoms with E-state index in [2.05, 4.69) is 15.1 Å². The minimum Gasteiger partial charge on any atom is -0.262 e. The van der Waals surface area contributed by atoms with Gasteiger partial charge < -0.3 is 0 Å². The second-order valence-electron chi connectivity index (χ2n) is 4.71. The number of hydrogen-bond donors (Lipinski definition) is 0. The third kappa shape index (κ3) is 2.79. The van der Waals surface area contributed by atoms with Gasteiger partial charge in [0.1, 0.15) is 0 Å². The van der Waals surface area contributed by atoms with Crippen LogP contribution in [0.2, 0.25) is 0 Å². The van der Waals surface area contributed by atoms with Gasteiger partial charge in [0.05, 0.1) is 23.8 Å². The van der Waals surface area contributed by atoms with Crippen molar-refractivity contribution in [2.24, 2.45) is 0 Å². The van der Waals surface area contributed by atoms with E-state index >= 15 is 0 Å². The van der Waals surface area contributed by atoms with Crippen molar-refractivity contribution in [2.45, 2.75) is 12.8 Å². The fraction of sp³-hybridized carbons (Fsp3) is 0.133. The lowest BCUT2D eigenvalue weighted by Crippen LogP contribution is -2.07. The zero-order valence-electron chi connectivity index (χ0n) is 11.2. The van der Waals surface area contributed by atoms with Crippen LogP contribution in [0.4, 0.5) is 8.78 Å². The van der Waals surface area contributed by atoms with Gasteiger partial charge in [-0.3, -0.25) is 9.97 Å². The Bertz CT molecular complexity index is 730. The van der Waals surface area contributed by atoms with E-state index in [4.69, 9.17) is 0 Å². The fourth-order valence-corrected chi connectivity index (χ4v) is 1.91. The molecule has 0 N–H and O–H groups in total. The maximum atomic E-state index is 13.2. The fourth-order valence-electron chi connectivity index (χ4n) is 1.91. The van der Waals surface area contributed by atoms with Crippen LogP contribution in [0, 0.1) is 0 Å². The van der Waals surface area contributed by atoms with E-state index in [9.17, 15) is 8.78 Å². The molecule has 0 saturated carbocycles. The maximum absolute atomic E-state index is 13.2. The van der Waals surface area contributed by atoms with Gasteiger partial charge in [0.2, 0.25) is 0 Å². The van der Waals surface area contributed by atoms with Crippen LogP contribution < -0.4 is 0 Å². The number of nitrogens with zero attached hydrogens (tertiary/aromatic N) is 4. The first kappa shape index (κ1) is 13.4. The van der Waals surface area contributed by atoms with Crippen molar-refractivity contribution in [3.63, 3.8) is 0 Å². The predicted octanol–water partition coefficient (Wildman–Crippen LogP) is 3.44. The Morgan fingerprint density at radius 3 is 2.57 bits per heavy atom. The number of rotatable bonds is 3. The highest BCUT2D eigenvalue weighted by atomic mass is 19.3. The van der Waals surface area contributed by atoms with Crippen LogP contribution in [0.3, 0.4) is 0 Å². The summed E-state index contributed by atoms with van der Waals surface area (Å²) in [5, 5.41) is 4.22. The highest BCUT2D eigenvalue weighted by Gasteiger charge is 2.24. The van der Waals surface area contributed by atoms with Crippen molar-refractivity contribution in [2.75, 3.05) is 0 Å². The highest BCUT2D eigenvalue weighted by Crippen LogP contribution is 2.27. The summed E-state index contributed by atoms with van der Waals surface area (Å²) in [5.41, 5.74) is 2.06. The van der Waals surface area contributed by atoms with Gasteiger partial charge in [-0.25, -0.2) is 13.5 Å². The molecule has 0 aliphatic heterocycles. The van der Waals surface area contributed by atoms with Gasteiger partial charge >= 0.3 is 0 Å².